The van der Waals surface area contributed by atoms with Crippen LogP contribution < -0.4 is 20.9 Å². The molecule has 1 aliphatic rings. The molecule has 0 atom stereocenters. The largest absolute Gasteiger partial charge is 0.416 e. The molecular weight excluding hydrogens is 586 g/mol. The first-order chi connectivity index (χ1) is 20.7. The molecule has 3 aromatic carbocycles. The standard InChI is InChI=1S/C32H34F6N4O2/c1-20(2)19-39-29(43)27-18-25(8-9-28(27)42-12-10-22(11-13-42)14-21-6-4-3-5-7-21)40-30(44)41-26-16-23(31(33,34)35)15-24(17-26)32(36,37)38/h3-9,15-18,20,22H,10-14,19H2,1-2H3,(H,39,43)(H2,40,41,44). The number of halogens is 6. The Morgan fingerprint density at radius 1 is 0.818 bits per heavy atom. The molecule has 0 aromatic heterocycles. The zero-order valence-corrected chi connectivity index (χ0v) is 24.3. The summed E-state index contributed by atoms with van der Waals surface area (Å²) in [7, 11) is 0. The van der Waals surface area contributed by atoms with E-state index in [9.17, 15) is 35.9 Å². The number of benzene rings is 3. The number of urea groups is 1. The highest BCUT2D eigenvalue weighted by Gasteiger charge is 2.37. The molecule has 1 aliphatic heterocycles. The number of alkyl halides is 6. The first-order valence-electron chi connectivity index (χ1n) is 14.3. The number of hydrogen-bond acceptors (Lipinski definition) is 3. The highest BCUT2D eigenvalue weighted by atomic mass is 19.4. The molecule has 1 saturated heterocycles. The summed E-state index contributed by atoms with van der Waals surface area (Å²) >= 11 is 0. The van der Waals surface area contributed by atoms with Crippen LogP contribution in [0, 0.1) is 11.8 Å². The van der Waals surface area contributed by atoms with Gasteiger partial charge in [0.1, 0.15) is 0 Å². The van der Waals surface area contributed by atoms with Crippen molar-refractivity contribution in [1.82, 2.24) is 5.32 Å². The smallest absolute Gasteiger partial charge is 0.371 e. The fourth-order valence-electron chi connectivity index (χ4n) is 5.11. The average Bonchev–Trinajstić information content (AvgIpc) is 2.96. The summed E-state index contributed by atoms with van der Waals surface area (Å²) in [5.74, 6) is 0.305. The number of nitrogens with one attached hydrogen (secondary N) is 3. The second-order valence-corrected chi connectivity index (χ2v) is 11.3. The normalized spacial score (nSPS) is 14.4. The molecular formula is C32H34F6N4O2. The molecule has 0 unspecified atom stereocenters. The van der Waals surface area contributed by atoms with Gasteiger partial charge in [0.05, 0.1) is 16.7 Å². The third-order valence-electron chi connectivity index (χ3n) is 7.34. The molecule has 4 rings (SSSR count). The van der Waals surface area contributed by atoms with Gasteiger partial charge in [-0.2, -0.15) is 26.3 Å². The van der Waals surface area contributed by atoms with Crippen molar-refractivity contribution in [2.45, 2.75) is 45.5 Å². The molecule has 236 valence electrons. The van der Waals surface area contributed by atoms with Crippen molar-refractivity contribution in [2.75, 3.05) is 35.2 Å². The second-order valence-electron chi connectivity index (χ2n) is 11.3. The number of carbonyl (C=O) groups is 2. The van der Waals surface area contributed by atoms with Gasteiger partial charge in [0.25, 0.3) is 5.91 Å². The van der Waals surface area contributed by atoms with Crippen molar-refractivity contribution in [1.29, 1.82) is 0 Å². The molecule has 6 nitrogen and oxygen atoms in total. The van der Waals surface area contributed by atoms with E-state index in [-0.39, 0.29) is 23.6 Å². The maximum atomic E-state index is 13.2. The van der Waals surface area contributed by atoms with E-state index in [0.29, 0.717) is 48.9 Å². The number of anilines is 3. The van der Waals surface area contributed by atoms with Crippen LogP contribution in [0.1, 0.15) is 53.7 Å². The number of amides is 3. The van der Waals surface area contributed by atoms with Gasteiger partial charge in [0, 0.05) is 36.7 Å². The lowest BCUT2D eigenvalue weighted by Gasteiger charge is -2.35. The highest BCUT2D eigenvalue weighted by Crippen LogP contribution is 2.38. The van der Waals surface area contributed by atoms with Gasteiger partial charge in [-0.05, 0) is 73.1 Å². The Kier molecular flexibility index (Phi) is 10.1. The van der Waals surface area contributed by atoms with E-state index in [0.717, 1.165) is 19.3 Å². The molecule has 0 spiro atoms. The van der Waals surface area contributed by atoms with E-state index in [4.69, 9.17) is 0 Å². The minimum absolute atomic E-state index is 0.0195. The molecule has 1 fully saturated rings. The molecule has 0 saturated carbocycles. The maximum absolute atomic E-state index is 13.2. The Bertz CT molecular complexity index is 1420. The van der Waals surface area contributed by atoms with Crippen LogP contribution in [-0.2, 0) is 18.8 Å². The van der Waals surface area contributed by atoms with Gasteiger partial charge in [0.2, 0.25) is 0 Å². The Labute approximate surface area is 251 Å². The van der Waals surface area contributed by atoms with Crippen LogP contribution in [0.15, 0.2) is 66.7 Å². The summed E-state index contributed by atoms with van der Waals surface area (Å²) in [5, 5.41) is 7.34. The molecule has 3 aromatic rings. The number of rotatable bonds is 8. The predicted molar refractivity (Wildman–Crippen MR) is 158 cm³/mol. The summed E-state index contributed by atoms with van der Waals surface area (Å²) in [6.07, 6.45) is -7.32. The van der Waals surface area contributed by atoms with Crippen LogP contribution in [-0.4, -0.2) is 31.6 Å². The lowest BCUT2D eigenvalue weighted by Crippen LogP contribution is -2.36. The van der Waals surface area contributed by atoms with Crippen molar-refractivity contribution in [3.63, 3.8) is 0 Å². The van der Waals surface area contributed by atoms with E-state index in [1.165, 1.54) is 17.7 Å². The Hall–Kier alpha value is -4.22. The van der Waals surface area contributed by atoms with E-state index >= 15 is 0 Å². The van der Waals surface area contributed by atoms with Gasteiger partial charge in [-0.1, -0.05) is 44.2 Å². The van der Waals surface area contributed by atoms with Crippen molar-refractivity contribution >= 4 is 29.0 Å². The first-order valence-corrected chi connectivity index (χ1v) is 14.3. The fraction of sp³-hybridized carbons (Fsp3) is 0.375. The Balaban J connectivity index is 1.51. The van der Waals surface area contributed by atoms with Gasteiger partial charge in [-0.15, -0.1) is 0 Å². The Morgan fingerprint density at radius 3 is 1.98 bits per heavy atom. The van der Waals surface area contributed by atoms with Crippen LogP contribution >= 0.6 is 0 Å². The van der Waals surface area contributed by atoms with Crippen LogP contribution in [0.2, 0.25) is 0 Å². The summed E-state index contributed by atoms with van der Waals surface area (Å²) < 4.78 is 79.4. The lowest BCUT2D eigenvalue weighted by atomic mass is 9.89. The minimum atomic E-state index is -5.06. The number of piperidine rings is 1. The van der Waals surface area contributed by atoms with E-state index in [1.54, 1.807) is 6.07 Å². The topological polar surface area (TPSA) is 73.5 Å². The number of hydrogen-bond donors (Lipinski definition) is 3. The zero-order valence-electron chi connectivity index (χ0n) is 24.3. The minimum Gasteiger partial charge on any atom is -0.371 e. The lowest BCUT2D eigenvalue weighted by molar-refractivity contribution is -0.143. The summed E-state index contributed by atoms with van der Waals surface area (Å²) in [5.41, 5.74) is -1.41. The SMILES string of the molecule is CC(C)CNC(=O)c1cc(NC(=O)Nc2cc(C(F)(F)F)cc(C(F)(F)F)c2)ccc1N1CCC(Cc2ccccc2)CC1. The van der Waals surface area contributed by atoms with Gasteiger partial charge in [0.15, 0.2) is 0 Å². The summed E-state index contributed by atoms with van der Waals surface area (Å²) in [4.78, 5) is 28.0. The van der Waals surface area contributed by atoms with E-state index in [2.05, 4.69) is 27.7 Å². The molecule has 0 radical (unpaired) electrons. The van der Waals surface area contributed by atoms with E-state index in [1.807, 2.05) is 37.4 Å². The third-order valence-corrected chi connectivity index (χ3v) is 7.34. The monoisotopic (exact) mass is 620 g/mol. The van der Waals surface area contributed by atoms with Crippen molar-refractivity contribution in [2.24, 2.45) is 11.8 Å². The quantitative estimate of drug-likeness (QED) is 0.222. The maximum Gasteiger partial charge on any atom is 0.416 e. The van der Waals surface area contributed by atoms with Gasteiger partial charge in [-0.25, -0.2) is 4.79 Å². The van der Waals surface area contributed by atoms with Crippen molar-refractivity contribution in [3.8, 4) is 0 Å². The number of carbonyl (C=O) groups excluding carboxylic acids is 2. The Morgan fingerprint density at radius 2 is 1.41 bits per heavy atom. The second kappa shape index (κ2) is 13.6. The molecule has 3 amide bonds. The third kappa shape index (κ3) is 8.90. The van der Waals surface area contributed by atoms with Crippen LogP contribution in [0.3, 0.4) is 0 Å². The molecule has 12 heteroatoms. The molecule has 0 bridgehead atoms. The molecule has 1 heterocycles. The fourth-order valence-corrected chi connectivity index (χ4v) is 5.11. The first kappa shape index (κ1) is 32.7. The van der Waals surface area contributed by atoms with Crippen LogP contribution in [0.5, 0.6) is 0 Å². The molecule has 44 heavy (non-hydrogen) atoms. The number of nitrogens with zero attached hydrogens (tertiary/aromatic N) is 1. The predicted octanol–water partition coefficient (Wildman–Crippen LogP) is 8.21. The summed E-state index contributed by atoms with van der Waals surface area (Å²) in [6.45, 7) is 5.73. The average molecular weight is 621 g/mol. The van der Waals surface area contributed by atoms with Crippen LogP contribution in [0.25, 0.3) is 0 Å². The van der Waals surface area contributed by atoms with Crippen LogP contribution in [0.4, 0.5) is 48.2 Å². The zero-order chi connectivity index (χ0) is 32.1. The van der Waals surface area contributed by atoms with Crippen molar-refractivity contribution < 1.29 is 35.9 Å². The molecule has 3 N–H and O–H groups in total. The van der Waals surface area contributed by atoms with Crippen molar-refractivity contribution in [3.05, 3.63) is 89.0 Å². The highest BCUT2D eigenvalue weighted by molar-refractivity contribution is 6.04. The summed E-state index contributed by atoms with van der Waals surface area (Å²) in [6, 6.07) is 14.7. The van der Waals surface area contributed by atoms with Gasteiger partial charge >= 0.3 is 18.4 Å². The van der Waals surface area contributed by atoms with Gasteiger partial charge in [-0.3, -0.25) is 4.79 Å². The molecule has 0 aliphatic carbocycles. The van der Waals surface area contributed by atoms with E-state index < -0.39 is 35.2 Å². The van der Waals surface area contributed by atoms with Gasteiger partial charge < -0.3 is 20.9 Å².